The molecule has 0 fully saturated rings. The van der Waals surface area contributed by atoms with Crippen LogP contribution >= 0.6 is 11.8 Å². The van der Waals surface area contributed by atoms with Crippen molar-refractivity contribution >= 4 is 11.8 Å². The lowest BCUT2D eigenvalue weighted by molar-refractivity contribution is 0.297. The first-order valence-electron chi connectivity index (χ1n) is 4.92. The standard InChI is InChI=1S/C11H14O2S/c1-2-14-9-4-5-10-11(8-9)13-7-3-6-12-10/h4-5,8H,2-3,6-7H2,1H3. The molecule has 0 bridgehead atoms. The lowest BCUT2D eigenvalue weighted by Crippen LogP contribution is -1.97. The lowest BCUT2D eigenvalue weighted by Gasteiger charge is -2.08. The van der Waals surface area contributed by atoms with Crippen LogP contribution in [0.15, 0.2) is 23.1 Å². The van der Waals surface area contributed by atoms with Gasteiger partial charge in [-0.3, -0.25) is 0 Å². The van der Waals surface area contributed by atoms with Crippen LogP contribution in [-0.2, 0) is 0 Å². The number of fused-ring (bicyclic) bond motifs is 1. The molecule has 76 valence electrons. The molecule has 0 saturated carbocycles. The summed E-state index contributed by atoms with van der Waals surface area (Å²) >= 11 is 1.82. The summed E-state index contributed by atoms with van der Waals surface area (Å²) in [7, 11) is 0. The summed E-state index contributed by atoms with van der Waals surface area (Å²) in [6.07, 6.45) is 0.963. The van der Waals surface area contributed by atoms with Gasteiger partial charge in [0.25, 0.3) is 0 Å². The van der Waals surface area contributed by atoms with Crippen LogP contribution < -0.4 is 9.47 Å². The van der Waals surface area contributed by atoms with Crippen molar-refractivity contribution in [1.82, 2.24) is 0 Å². The van der Waals surface area contributed by atoms with Gasteiger partial charge in [0.2, 0.25) is 0 Å². The predicted molar refractivity (Wildman–Crippen MR) is 58.4 cm³/mol. The summed E-state index contributed by atoms with van der Waals surface area (Å²) in [5.74, 6) is 2.85. The molecule has 2 rings (SSSR count). The fourth-order valence-corrected chi connectivity index (χ4v) is 2.09. The molecule has 0 spiro atoms. The molecule has 0 amide bonds. The third kappa shape index (κ3) is 2.15. The predicted octanol–water partition coefficient (Wildman–Crippen LogP) is 2.96. The van der Waals surface area contributed by atoms with E-state index in [1.165, 1.54) is 4.90 Å². The van der Waals surface area contributed by atoms with Gasteiger partial charge in [-0.1, -0.05) is 6.92 Å². The van der Waals surface area contributed by atoms with E-state index in [4.69, 9.17) is 9.47 Å². The van der Waals surface area contributed by atoms with E-state index in [1.807, 2.05) is 17.8 Å². The van der Waals surface area contributed by atoms with Crippen LogP contribution in [0.5, 0.6) is 11.5 Å². The molecule has 1 aromatic carbocycles. The number of ether oxygens (including phenoxy) is 2. The minimum absolute atomic E-state index is 0.757. The molecule has 0 saturated heterocycles. The first kappa shape index (κ1) is 9.71. The Morgan fingerprint density at radius 1 is 1.21 bits per heavy atom. The van der Waals surface area contributed by atoms with E-state index < -0.39 is 0 Å². The van der Waals surface area contributed by atoms with Gasteiger partial charge >= 0.3 is 0 Å². The van der Waals surface area contributed by atoms with Gasteiger partial charge in [-0.2, -0.15) is 0 Å². The molecule has 0 radical (unpaired) electrons. The van der Waals surface area contributed by atoms with Gasteiger partial charge in [0.05, 0.1) is 13.2 Å². The molecule has 0 aromatic heterocycles. The fourth-order valence-electron chi connectivity index (χ4n) is 1.40. The molecule has 0 atom stereocenters. The second-order valence-electron chi connectivity index (χ2n) is 3.09. The Bertz CT molecular complexity index is 312. The molecular formula is C11H14O2S. The average molecular weight is 210 g/mol. The van der Waals surface area contributed by atoms with Crippen LogP contribution in [0.4, 0.5) is 0 Å². The second-order valence-corrected chi connectivity index (χ2v) is 4.43. The highest BCUT2D eigenvalue weighted by molar-refractivity contribution is 7.99. The first-order valence-corrected chi connectivity index (χ1v) is 5.91. The largest absolute Gasteiger partial charge is 0.490 e. The summed E-state index contributed by atoms with van der Waals surface area (Å²) < 4.78 is 11.1. The van der Waals surface area contributed by atoms with Crippen molar-refractivity contribution in [2.45, 2.75) is 18.2 Å². The van der Waals surface area contributed by atoms with Crippen molar-refractivity contribution in [3.8, 4) is 11.5 Å². The number of hydrogen-bond donors (Lipinski definition) is 0. The van der Waals surface area contributed by atoms with Gasteiger partial charge in [-0.05, 0) is 24.0 Å². The zero-order valence-electron chi connectivity index (χ0n) is 8.29. The van der Waals surface area contributed by atoms with Crippen molar-refractivity contribution < 1.29 is 9.47 Å². The van der Waals surface area contributed by atoms with Gasteiger partial charge in [0, 0.05) is 11.3 Å². The Labute approximate surface area is 88.6 Å². The maximum absolute atomic E-state index is 5.60. The van der Waals surface area contributed by atoms with E-state index in [0.717, 1.165) is 36.9 Å². The molecule has 1 heterocycles. The lowest BCUT2D eigenvalue weighted by atomic mass is 10.3. The van der Waals surface area contributed by atoms with E-state index in [1.54, 1.807) is 0 Å². The third-order valence-electron chi connectivity index (χ3n) is 2.03. The van der Waals surface area contributed by atoms with Crippen LogP contribution in [0, 0.1) is 0 Å². The van der Waals surface area contributed by atoms with Gasteiger partial charge in [-0.15, -0.1) is 11.8 Å². The van der Waals surface area contributed by atoms with Crippen LogP contribution in [0.3, 0.4) is 0 Å². The molecule has 14 heavy (non-hydrogen) atoms. The minimum Gasteiger partial charge on any atom is -0.490 e. The Kier molecular flexibility index (Phi) is 3.19. The van der Waals surface area contributed by atoms with Crippen LogP contribution in [-0.4, -0.2) is 19.0 Å². The summed E-state index contributed by atoms with van der Waals surface area (Å²) in [4.78, 5) is 1.25. The maximum atomic E-state index is 5.60. The van der Waals surface area contributed by atoms with Crippen LogP contribution in [0.25, 0.3) is 0 Å². The monoisotopic (exact) mass is 210 g/mol. The van der Waals surface area contributed by atoms with E-state index in [9.17, 15) is 0 Å². The molecule has 0 aliphatic carbocycles. The van der Waals surface area contributed by atoms with Crippen molar-refractivity contribution in [2.75, 3.05) is 19.0 Å². The van der Waals surface area contributed by atoms with Crippen molar-refractivity contribution in [3.63, 3.8) is 0 Å². The van der Waals surface area contributed by atoms with Crippen LogP contribution in [0.2, 0.25) is 0 Å². The van der Waals surface area contributed by atoms with Gasteiger partial charge in [0.15, 0.2) is 11.5 Å². The first-order chi connectivity index (χ1) is 6.90. The highest BCUT2D eigenvalue weighted by atomic mass is 32.2. The number of rotatable bonds is 2. The quantitative estimate of drug-likeness (QED) is 0.699. The van der Waals surface area contributed by atoms with E-state index in [2.05, 4.69) is 19.1 Å². The van der Waals surface area contributed by atoms with E-state index in [0.29, 0.717) is 0 Å². The SMILES string of the molecule is CCSc1ccc2c(c1)OCCCO2. The summed E-state index contributed by atoms with van der Waals surface area (Å²) in [5, 5.41) is 0. The molecule has 2 nitrogen and oxygen atoms in total. The molecule has 1 aromatic rings. The third-order valence-corrected chi connectivity index (χ3v) is 2.91. The van der Waals surface area contributed by atoms with E-state index in [-0.39, 0.29) is 0 Å². The van der Waals surface area contributed by atoms with Gasteiger partial charge in [-0.25, -0.2) is 0 Å². The van der Waals surface area contributed by atoms with Crippen LogP contribution in [0.1, 0.15) is 13.3 Å². The molecule has 1 aliphatic heterocycles. The zero-order valence-corrected chi connectivity index (χ0v) is 9.10. The Balaban J connectivity index is 2.23. The Hall–Kier alpha value is -0.830. The number of thioether (sulfide) groups is 1. The van der Waals surface area contributed by atoms with Crippen molar-refractivity contribution in [2.24, 2.45) is 0 Å². The normalized spacial score (nSPS) is 14.9. The van der Waals surface area contributed by atoms with Gasteiger partial charge < -0.3 is 9.47 Å². The summed E-state index contributed by atoms with van der Waals surface area (Å²) in [6, 6.07) is 6.15. The molecule has 3 heteroatoms. The molecule has 0 unspecified atom stereocenters. The van der Waals surface area contributed by atoms with Crippen molar-refractivity contribution in [1.29, 1.82) is 0 Å². The summed E-state index contributed by atoms with van der Waals surface area (Å²) in [5.41, 5.74) is 0. The number of benzene rings is 1. The Morgan fingerprint density at radius 2 is 2.00 bits per heavy atom. The maximum Gasteiger partial charge on any atom is 0.162 e. The molecule has 1 aliphatic rings. The molecule has 0 N–H and O–H groups in total. The summed E-state index contributed by atoms with van der Waals surface area (Å²) in [6.45, 7) is 3.66. The zero-order chi connectivity index (χ0) is 9.80. The smallest absolute Gasteiger partial charge is 0.162 e. The topological polar surface area (TPSA) is 18.5 Å². The van der Waals surface area contributed by atoms with Crippen molar-refractivity contribution in [3.05, 3.63) is 18.2 Å². The fraction of sp³-hybridized carbons (Fsp3) is 0.455. The highest BCUT2D eigenvalue weighted by Crippen LogP contribution is 2.33. The number of hydrogen-bond acceptors (Lipinski definition) is 3. The highest BCUT2D eigenvalue weighted by Gasteiger charge is 2.10. The Morgan fingerprint density at radius 3 is 2.79 bits per heavy atom. The van der Waals surface area contributed by atoms with E-state index >= 15 is 0 Å². The second kappa shape index (κ2) is 4.60. The minimum atomic E-state index is 0.757. The molecular weight excluding hydrogens is 196 g/mol. The average Bonchev–Trinajstić information content (AvgIpc) is 2.42. The van der Waals surface area contributed by atoms with Gasteiger partial charge in [0.1, 0.15) is 0 Å².